The molecule has 1 aliphatic rings. The van der Waals surface area contributed by atoms with Crippen LogP contribution in [0.4, 0.5) is 0 Å². The molecule has 0 fully saturated rings. The summed E-state index contributed by atoms with van der Waals surface area (Å²) in [7, 11) is 4.19. The van der Waals surface area contributed by atoms with Crippen molar-refractivity contribution in [1.82, 2.24) is 14.5 Å². The first kappa shape index (κ1) is 14.3. The SMILES string of the molecule is CN(C)CCn1c2c(c3cc(O)ccc31)CCc1ncccc1-2. The maximum absolute atomic E-state index is 9.92. The lowest BCUT2D eigenvalue weighted by Crippen LogP contribution is -2.19. The van der Waals surface area contributed by atoms with Crippen LogP contribution >= 0.6 is 0 Å². The van der Waals surface area contributed by atoms with Crippen molar-refractivity contribution in [3.05, 3.63) is 47.8 Å². The number of aryl methyl sites for hydroxylation is 2. The average Bonchev–Trinajstić information content (AvgIpc) is 2.86. The molecule has 3 aromatic rings. The zero-order chi connectivity index (χ0) is 16.0. The largest absolute Gasteiger partial charge is 0.508 e. The quantitative estimate of drug-likeness (QED) is 0.808. The van der Waals surface area contributed by atoms with Gasteiger partial charge >= 0.3 is 0 Å². The lowest BCUT2D eigenvalue weighted by atomic mass is 9.92. The Morgan fingerprint density at radius 3 is 2.91 bits per heavy atom. The first-order valence-corrected chi connectivity index (χ1v) is 8.08. The molecule has 0 bridgehead atoms. The molecule has 4 heteroatoms. The minimum Gasteiger partial charge on any atom is -0.508 e. The van der Waals surface area contributed by atoms with E-state index in [1.54, 1.807) is 6.07 Å². The topological polar surface area (TPSA) is 41.3 Å². The van der Waals surface area contributed by atoms with E-state index in [-0.39, 0.29) is 0 Å². The van der Waals surface area contributed by atoms with Crippen LogP contribution in [0.1, 0.15) is 11.3 Å². The van der Waals surface area contributed by atoms with E-state index in [1.807, 2.05) is 24.4 Å². The monoisotopic (exact) mass is 307 g/mol. The molecule has 0 spiro atoms. The van der Waals surface area contributed by atoms with Crippen LogP contribution in [0.25, 0.3) is 22.2 Å². The van der Waals surface area contributed by atoms with Gasteiger partial charge in [-0.25, -0.2) is 0 Å². The van der Waals surface area contributed by atoms with Crippen LogP contribution in [0.15, 0.2) is 36.5 Å². The maximum Gasteiger partial charge on any atom is 0.116 e. The van der Waals surface area contributed by atoms with E-state index in [0.717, 1.165) is 25.9 Å². The summed E-state index contributed by atoms with van der Waals surface area (Å²) in [5.74, 6) is 0.335. The lowest BCUT2D eigenvalue weighted by molar-refractivity contribution is 0.387. The van der Waals surface area contributed by atoms with Crippen molar-refractivity contribution < 1.29 is 5.11 Å². The van der Waals surface area contributed by atoms with Crippen LogP contribution in [-0.2, 0) is 19.4 Å². The molecule has 2 heterocycles. The van der Waals surface area contributed by atoms with Gasteiger partial charge in [0.05, 0.1) is 5.69 Å². The van der Waals surface area contributed by atoms with Crippen LogP contribution in [0.5, 0.6) is 5.75 Å². The Hall–Kier alpha value is -2.33. The molecule has 0 atom stereocenters. The van der Waals surface area contributed by atoms with Gasteiger partial charge in [-0.1, -0.05) is 0 Å². The number of aromatic hydroxyl groups is 1. The van der Waals surface area contributed by atoms with Crippen LogP contribution in [-0.4, -0.2) is 40.2 Å². The molecule has 1 aliphatic carbocycles. The van der Waals surface area contributed by atoms with Crippen LogP contribution in [0.2, 0.25) is 0 Å². The Bertz CT molecular complexity index is 880. The number of hydrogen-bond acceptors (Lipinski definition) is 3. The maximum atomic E-state index is 9.92. The first-order chi connectivity index (χ1) is 11.1. The van der Waals surface area contributed by atoms with E-state index in [2.05, 4.69) is 34.6 Å². The fourth-order valence-corrected chi connectivity index (χ4v) is 3.60. The Balaban J connectivity index is 1.99. The van der Waals surface area contributed by atoms with Gasteiger partial charge in [-0.15, -0.1) is 0 Å². The molecule has 1 aromatic carbocycles. The summed E-state index contributed by atoms with van der Waals surface area (Å²) in [4.78, 5) is 6.77. The minimum absolute atomic E-state index is 0.335. The molecule has 118 valence electrons. The van der Waals surface area contributed by atoms with Crippen molar-refractivity contribution >= 4 is 10.9 Å². The van der Waals surface area contributed by atoms with Crippen molar-refractivity contribution in [2.45, 2.75) is 19.4 Å². The third-order valence-electron chi connectivity index (χ3n) is 4.68. The summed E-state index contributed by atoms with van der Waals surface area (Å²) < 4.78 is 2.39. The zero-order valence-electron chi connectivity index (χ0n) is 13.6. The third-order valence-corrected chi connectivity index (χ3v) is 4.68. The third kappa shape index (κ3) is 2.30. The molecule has 1 N–H and O–H groups in total. The van der Waals surface area contributed by atoms with Crippen molar-refractivity contribution in [2.24, 2.45) is 0 Å². The van der Waals surface area contributed by atoms with Gasteiger partial charge < -0.3 is 14.6 Å². The number of aromatic nitrogens is 2. The van der Waals surface area contributed by atoms with Gasteiger partial charge in [0.2, 0.25) is 0 Å². The van der Waals surface area contributed by atoms with Gasteiger partial charge in [-0.2, -0.15) is 0 Å². The minimum atomic E-state index is 0.335. The number of phenolic OH excluding ortho intramolecular Hbond substituents is 1. The van der Waals surface area contributed by atoms with Crippen LogP contribution in [0.3, 0.4) is 0 Å². The Labute approximate surface area is 136 Å². The van der Waals surface area contributed by atoms with Gasteiger partial charge in [-0.3, -0.25) is 4.98 Å². The molecule has 0 unspecified atom stereocenters. The number of phenols is 1. The molecule has 0 saturated heterocycles. The predicted octanol–water partition coefficient (Wildman–Crippen LogP) is 3.07. The second-order valence-electron chi connectivity index (χ2n) is 6.48. The lowest BCUT2D eigenvalue weighted by Gasteiger charge is -2.20. The molecule has 2 aromatic heterocycles. The highest BCUT2D eigenvalue weighted by molar-refractivity contribution is 5.94. The summed E-state index contributed by atoms with van der Waals surface area (Å²) in [5.41, 5.74) is 6.24. The molecule has 0 saturated carbocycles. The summed E-state index contributed by atoms with van der Waals surface area (Å²) >= 11 is 0. The van der Waals surface area contributed by atoms with Gasteiger partial charge in [0, 0.05) is 41.4 Å². The Morgan fingerprint density at radius 2 is 2.09 bits per heavy atom. The van der Waals surface area contributed by atoms with Crippen molar-refractivity contribution in [3.63, 3.8) is 0 Å². The second-order valence-corrected chi connectivity index (χ2v) is 6.48. The van der Waals surface area contributed by atoms with E-state index in [0.29, 0.717) is 5.75 Å². The van der Waals surface area contributed by atoms with E-state index >= 15 is 0 Å². The van der Waals surface area contributed by atoms with Crippen molar-refractivity contribution in [3.8, 4) is 17.0 Å². The Morgan fingerprint density at radius 1 is 1.22 bits per heavy atom. The van der Waals surface area contributed by atoms with E-state index in [4.69, 9.17) is 0 Å². The summed E-state index contributed by atoms with van der Waals surface area (Å²) in [6.07, 6.45) is 3.82. The van der Waals surface area contributed by atoms with Crippen LogP contribution < -0.4 is 0 Å². The molecule has 4 rings (SSSR count). The highest BCUT2D eigenvalue weighted by atomic mass is 16.3. The fraction of sp³-hybridized carbons (Fsp3) is 0.316. The normalized spacial score (nSPS) is 13.3. The summed E-state index contributed by atoms with van der Waals surface area (Å²) in [6, 6.07) is 9.91. The Kier molecular flexibility index (Phi) is 3.34. The highest BCUT2D eigenvalue weighted by Crippen LogP contribution is 2.40. The number of rotatable bonds is 3. The highest BCUT2D eigenvalue weighted by Gasteiger charge is 2.24. The molecular formula is C19H21N3O. The molecule has 0 radical (unpaired) electrons. The van der Waals surface area contributed by atoms with Gasteiger partial charge in [-0.05, 0) is 62.8 Å². The van der Waals surface area contributed by atoms with Crippen molar-refractivity contribution in [1.29, 1.82) is 0 Å². The standard InChI is InChI=1S/C19H21N3O/c1-21(2)10-11-22-18-8-5-13(23)12-16(18)14-6-7-17-15(19(14)22)4-3-9-20-17/h3-5,8-9,12,23H,6-7,10-11H2,1-2H3. The summed E-state index contributed by atoms with van der Waals surface area (Å²) in [6.45, 7) is 1.91. The molecule has 0 amide bonds. The predicted molar refractivity (Wildman–Crippen MR) is 92.8 cm³/mol. The number of pyridine rings is 1. The fourth-order valence-electron chi connectivity index (χ4n) is 3.60. The number of hydrogen-bond donors (Lipinski definition) is 1. The number of benzene rings is 1. The van der Waals surface area contributed by atoms with Crippen molar-refractivity contribution in [2.75, 3.05) is 20.6 Å². The zero-order valence-corrected chi connectivity index (χ0v) is 13.6. The molecular weight excluding hydrogens is 286 g/mol. The smallest absolute Gasteiger partial charge is 0.116 e. The van der Waals surface area contributed by atoms with E-state index in [9.17, 15) is 5.11 Å². The number of likely N-dealkylation sites (N-methyl/N-ethyl adjacent to an activating group) is 1. The molecule has 4 nitrogen and oxygen atoms in total. The van der Waals surface area contributed by atoms with Gasteiger partial charge in [0.15, 0.2) is 0 Å². The average molecular weight is 307 g/mol. The van der Waals surface area contributed by atoms with Gasteiger partial charge in [0.25, 0.3) is 0 Å². The van der Waals surface area contributed by atoms with E-state index in [1.165, 1.54) is 33.4 Å². The first-order valence-electron chi connectivity index (χ1n) is 8.08. The number of nitrogens with zero attached hydrogens (tertiary/aromatic N) is 3. The second kappa shape index (κ2) is 5.39. The number of fused-ring (bicyclic) bond motifs is 5. The summed E-state index contributed by atoms with van der Waals surface area (Å²) in [5, 5.41) is 11.1. The molecule has 23 heavy (non-hydrogen) atoms. The van der Waals surface area contributed by atoms with Crippen LogP contribution in [0, 0.1) is 0 Å². The van der Waals surface area contributed by atoms with Gasteiger partial charge in [0.1, 0.15) is 5.75 Å². The van der Waals surface area contributed by atoms with E-state index < -0.39 is 0 Å². The molecule has 0 aliphatic heterocycles.